The Morgan fingerprint density at radius 3 is 2.58 bits per heavy atom. The van der Waals surface area contributed by atoms with Crippen LogP contribution in [0.4, 0.5) is 9.59 Å². The van der Waals surface area contributed by atoms with Crippen molar-refractivity contribution in [2.45, 2.75) is 90.4 Å². The van der Waals surface area contributed by atoms with Crippen LogP contribution in [0, 0.1) is 17.8 Å². The minimum Gasteiger partial charge on any atom is -0.443 e. The van der Waals surface area contributed by atoms with Crippen LogP contribution in [0.3, 0.4) is 0 Å². The maximum Gasteiger partial charge on any atom is 0.407 e. The van der Waals surface area contributed by atoms with E-state index in [1.807, 2.05) is 43.9 Å². The van der Waals surface area contributed by atoms with Crippen LogP contribution in [0.2, 0.25) is 0 Å². The van der Waals surface area contributed by atoms with Crippen molar-refractivity contribution in [1.82, 2.24) is 15.5 Å². The SMILES string of the molecule is CC(C)CN(CC[C@H](Cc1ccccc1)NC(=O)OC1C2COC3OC1CC3C2)C(=O)NC(C)(C)C. The molecule has 1 saturated carbocycles. The molecular weight excluding hydrogens is 458 g/mol. The Balaban J connectivity index is 1.40. The Morgan fingerprint density at radius 1 is 1.14 bits per heavy atom. The lowest BCUT2D eigenvalue weighted by molar-refractivity contribution is -0.153. The van der Waals surface area contributed by atoms with E-state index in [0.29, 0.717) is 44.4 Å². The van der Waals surface area contributed by atoms with Crippen molar-refractivity contribution in [3.05, 3.63) is 35.9 Å². The van der Waals surface area contributed by atoms with Crippen molar-refractivity contribution in [1.29, 1.82) is 0 Å². The van der Waals surface area contributed by atoms with Crippen molar-refractivity contribution in [3.8, 4) is 0 Å². The third-order valence-electron chi connectivity index (χ3n) is 7.13. The van der Waals surface area contributed by atoms with Gasteiger partial charge in [-0.1, -0.05) is 44.2 Å². The van der Waals surface area contributed by atoms with Crippen LogP contribution in [0.15, 0.2) is 30.3 Å². The van der Waals surface area contributed by atoms with Crippen LogP contribution in [-0.2, 0) is 20.6 Å². The minimum absolute atomic E-state index is 0.0804. The number of nitrogens with zero attached hydrogens (tertiary/aromatic N) is 1. The molecule has 3 aliphatic rings. The van der Waals surface area contributed by atoms with Crippen molar-refractivity contribution in [2.24, 2.45) is 17.8 Å². The number of ether oxygens (including phenoxy) is 3. The fourth-order valence-electron chi connectivity index (χ4n) is 5.60. The van der Waals surface area contributed by atoms with Gasteiger partial charge in [0.2, 0.25) is 0 Å². The number of carbonyl (C=O) groups is 2. The molecule has 2 heterocycles. The average Bonchev–Trinajstić information content (AvgIpc) is 3.09. The van der Waals surface area contributed by atoms with E-state index in [2.05, 4.69) is 36.6 Å². The molecule has 2 N–H and O–H groups in total. The molecule has 0 spiro atoms. The highest BCUT2D eigenvalue weighted by Crippen LogP contribution is 2.46. The topological polar surface area (TPSA) is 89.1 Å². The molecule has 1 aromatic rings. The summed E-state index contributed by atoms with van der Waals surface area (Å²) in [5.41, 5.74) is 0.811. The number of nitrogens with one attached hydrogen (secondary N) is 2. The van der Waals surface area contributed by atoms with Crippen LogP contribution < -0.4 is 10.6 Å². The van der Waals surface area contributed by atoms with E-state index >= 15 is 0 Å². The van der Waals surface area contributed by atoms with Crippen LogP contribution >= 0.6 is 0 Å². The zero-order valence-corrected chi connectivity index (χ0v) is 22.4. The third kappa shape index (κ3) is 7.13. The van der Waals surface area contributed by atoms with E-state index in [-0.39, 0.29) is 42.0 Å². The normalized spacial score (nSPS) is 27.6. The Bertz CT molecular complexity index is 879. The molecule has 5 unspecified atom stereocenters. The molecule has 3 amide bonds. The first-order valence-corrected chi connectivity index (χ1v) is 13.4. The number of hydrogen-bond donors (Lipinski definition) is 2. The quantitative estimate of drug-likeness (QED) is 0.526. The largest absolute Gasteiger partial charge is 0.443 e. The van der Waals surface area contributed by atoms with Crippen molar-refractivity contribution in [3.63, 3.8) is 0 Å². The van der Waals surface area contributed by atoms with Gasteiger partial charge in [0, 0.05) is 36.5 Å². The fourth-order valence-corrected chi connectivity index (χ4v) is 5.60. The van der Waals surface area contributed by atoms with Crippen LogP contribution in [0.1, 0.15) is 59.4 Å². The molecule has 36 heavy (non-hydrogen) atoms. The van der Waals surface area contributed by atoms with Gasteiger partial charge in [0.1, 0.15) is 6.10 Å². The molecule has 1 aromatic carbocycles. The maximum atomic E-state index is 13.1. The van der Waals surface area contributed by atoms with Gasteiger partial charge in [-0.25, -0.2) is 9.59 Å². The Morgan fingerprint density at radius 2 is 1.89 bits per heavy atom. The number of benzene rings is 1. The lowest BCUT2D eigenvalue weighted by Gasteiger charge is -2.36. The second-order valence-corrected chi connectivity index (χ2v) is 12.1. The second kappa shape index (κ2) is 11.4. The summed E-state index contributed by atoms with van der Waals surface area (Å²) in [6.45, 7) is 11.9. The molecule has 1 aliphatic carbocycles. The number of amides is 3. The summed E-state index contributed by atoms with van der Waals surface area (Å²) in [6.07, 6.45) is 2.23. The highest BCUT2D eigenvalue weighted by atomic mass is 16.7. The monoisotopic (exact) mass is 501 g/mol. The highest BCUT2D eigenvalue weighted by Gasteiger charge is 2.53. The predicted octanol–water partition coefficient (Wildman–Crippen LogP) is 4.33. The first-order valence-electron chi connectivity index (χ1n) is 13.4. The van der Waals surface area contributed by atoms with Gasteiger partial charge >= 0.3 is 12.1 Å². The van der Waals surface area contributed by atoms with E-state index in [1.54, 1.807) is 0 Å². The Hall–Kier alpha value is -2.32. The van der Waals surface area contributed by atoms with Crippen LogP contribution in [-0.4, -0.2) is 66.8 Å². The van der Waals surface area contributed by atoms with Crippen molar-refractivity contribution in [2.75, 3.05) is 19.7 Å². The second-order valence-electron chi connectivity index (χ2n) is 12.1. The number of alkyl carbamates (subject to hydrolysis) is 1. The molecule has 0 radical (unpaired) electrons. The van der Waals surface area contributed by atoms with Gasteiger partial charge in [-0.05, 0) is 57.9 Å². The standard InChI is InChI=1S/C28H43N3O5/c1-18(2)16-31(26(32)30-28(3,4)5)12-11-22(13-19-9-7-6-8-10-19)29-27(33)36-24-21-14-20-15-23(24)35-25(20)34-17-21/h6-10,18,20-25H,11-17H2,1-5H3,(H,29,33)(H,30,32)/t20?,21?,22-,23?,24?,25?/m1/s1. The Kier molecular flexibility index (Phi) is 8.45. The van der Waals surface area contributed by atoms with E-state index in [9.17, 15) is 9.59 Å². The lowest BCUT2D eigenvalue weighted by atomic mass is 9.78. The number of rotatable bonds is 9. The Labute approximate surface area is 215 Å². The molecule has 4 rings (SSSR count). The number of urea groups is 1. The summed E-state index contributed by atoms with van der Waals surface area (Å²) >= 11 is 0. The zero-order chi connectivity index (χ0) is 25.9. The molecule has 8 heteroatoms. The summed E-state index contributed by atoms with van der Waals surface area (Å²) in [5.74, 6) is 0.947. The molecule has 200 valence electrons. The molecule has 3 bridgehead atoms. The number of hydrogen-bond acceptors (Lipinski definition) is 5. The van der Waals surface area contributed by atoms with Crippen LogP contribution in [0.5, 0.6) is 0 Å². The van der Waals surface area contributed by atoms with E-state index < -0.39 is 6.09 Å². The van der Waals surface area contributed by atoms with Gasteiger partial charge in [-0.3, -0.25) is 0 Å². The minimum atomic E-state index is -0.423. The number of fused-ring (bicyclic) bond motifs is 2. The first kappa shape index (κ1) is 26.7. The average molecular weight is 502 g/mol. The summed E-state index contributed by atoms with van der Waals surface area (Å²) in [6, 6.07) is 9.84. The summed E-state index contributed by atoms with van der Waals surface area (Å²) in [4.78, 5) is 27.9. The van der Waals surface area contributed by atoms with Crippen molar-refractivity contribution >= 4 is 12.1 Å². The summed E-state index contributed by atoms with van der Waals surface area (Å²) < 4.78 is 17.8. The molecule has 3 fully saturated rings. The fraction of sp³-hybridized carbons (Fsp3) is 0.714. The van der Waals surface area contributed by atoms with Gasteiger partial charge in [0.15, 0.2) is 6.29 Å². The smallest absolute Gasteiger partial charge is 0.407 e. The van der Waals surface area contributed by atoms with Gasteiger partial charge < -0.3 is 29.7 Å². The summed E-state index contributed by atoms with van der Waals surface area (Å²) in [7, 11) is 0. The molecule has 8 nitrogen and oxygen atoms in total. The predicted molar refractivity (Wildman–Crippen MR) is 137 cm³/mol. The molecule has 2 saturated heterocycles. The van der Waals surface area contributed by atoms with Gasteiger partial charge in [0.25, 0.3) is 0 Å². The first-order chi connectivity index (χ1) is 17.1. The van der Waals surface area contributed by atoms with Crippen molar-refractivity contribution < 1.29 is 23.8 Å². The lowest BCUT2D eigenvalue weighted by Crippen LogP contribution is -2.51. The molecule has 6 atom stereocenters. The van der Waals surface area contributed by atoms with E-state index in [1.165, 1.54) is 0 Å². The number of carbonyl (C=O) groups excluding carboxylic acids is 2. The van der Waals surface area contributed by atoms with E-state index in [0.717, 1.165) is 18.4 Å². The van der Waals surface area contributed by atoms with Gasteiger partial charge in [-0.2, -0.15) is 0 Å². The van der Waals surface area contributed by atoms with Gasteiger partial charge in [0.05, 0.1) is 12.7 Å². The molecule has 0 aromatic heterocycles. The molecule has 2 aliphatic heterocycles. The highest BCUT2D eigenvalue weighted by molar-refractivity contribution is 5.75. The zero-order valence-electron chi connectivity index (χ0n) is 22.4. The van der Waals surface area contributed by atoms with E-state index in [4.69, 9.17) is 14.2 Å². The van der Waals surface area contributed by atoms with Crippen LogP contribution in [0.25, 0.3) is 0 Å². The van der Waals surface area contributed by atoms with Gasteiger partial charge in [-0.15, -0.1) is 0 Å². The summed E-state index contributed by atoms with van der Waals surface area (Å²) in [5, 5.41) is 6.18. The maximum absolute atomic E-state index is 13.1. The third-order valence-corrected chi connectivity index (χ3v) is 7.13. The molecular formula is C28H43N3O5.